The maximum absolute atomic E-state index is 12.2. The molecule has 0 rings (SSSR count). The fourth-order valence-corrected chi connectivity index (χ4v) is 12.6. The Morgan fingerprint density at radius 2 is 0.788 bits per heavy atom. The highest BCUT2D eigenvalue weighted by Gasteiger charge is 2.13. The number of esters is 2. The summed E-state index contributed by atoms with van der Waals surface area (Å²) in [4.78, 5) is 24.3. The van der Waals surface area contributed by atoms with Gasteiger partial charge in [-0.1, -0.05) is 189 Å². The van der Waals surface area contributed by atoms with E-state index in [-0.39, 0.29) is 11.9 Å². The Hall–Kier alpha value is 1.22. The van der Waals surface area contributed by atoms with Crippen LogP contribution in [0.3, 0.4) is 0 Å². The molecule has 0 aliphatic heterocycles. The lowest BCUT2D eigenvalue weighted by Crippen LogP contribution is -2.11. The van der Waals surface area contributed by atoms with Crippen LogP contribution in [0.15, 0.2) is 0 Å². The second kappa shape index (κ2) is 41.8. The third-order valence-corrected chi connectivity index (χ3v) is 16.5. The molecule has 0 saturated carbocycles. The second-order valence-electron chi connectivity index (χ2n) is 13.6. The first-order valence-electron chi connectivity index (χ1n) is 20.5. The van der Waals surface area contributed by atoms with Gasteiger partial charge in [0.25, 0.3) is 0 Å². The highest BCUT2D eigenvalue weighted by atomic mass is 33.1. The number of unbranched alkanes of at least 4 members (excludes halogenated alkanes) is 18. The summed E-state index contributed by atoms with van der Waals surface area (Å²) in [6.45, 7) is 9.62. The molecule has 0 aliphatic carbocycles. The van der Waals surface area contributed by atoms with Crippen molar-refractivity contribution < 1.29 is 19.1 Å². The molecule has 0 aromatic heterocycles. The van der Waals surface area contributed by atoms with E-state index in [4.69, 9.17) is 33.9 Å². The van der Waals surface area contributed by atoms with Crippen molar-refractivity contribution in [2.24, 2.45) is 0 Å². The minimum absolute atomic E-state index is 0.142. The molecule has 0 aromatic rings. The molecule has 0 heterocycles. The molecule has 0 fully saturated rings. The van der Waals surface area contributed by atoms with Gasteiger partial charge in [-0.25, -0.2) is 0 Å². The highest BCUT2D eigenvalue weighted by molar-refractivity contribution is 8.76. The molecule has 306 valence electrons. The lowest BCUT2D eigenvalue weighted by Gasteiger charge is -2.12. The molecule has 0 spiro atoms. The van der Waals surface area contributed by atoms with Crippen molar-refractivity contribution in [3.05, 3.63) is 0 Å². The van der Waals surface area contributed by atoms with Crippen molar-refractivity contribution in [3.63, 3.8) is 0 Å². The number of ether oxygens (including phenoxy) is 2. The van der Waals surface area contributed by atoms with Crippen LogP contribution in [0.2, 0.25) is 0 Å². The topological polar surface area (TPSA) is 52.6 Å². The van der Waals surface area contributed by atoms with E-state index in [9.17, 15) is 9.59 Å². The predicted molar refractivity (Wildman–Crippen MR) is 253 cm³/mol. The molecular formula is C40H74O4S8. The first-order chi connectivity index (χ1) is 25.3. The normalized spacial score (nSPS) is 12.5. The second-order valence-corrected chi connectivity index (χ2v) is 23.8. The zero-order chi connectivity index (χ0) is 38.3. The molecule has 0 aliphatic rings. The summed E-state index contributed by atoms with van der Waals surface area (Å²) in [6, 6.07) is 0. The van der Waals surface area contributed by atoms with E-state index in [0.717, 1.165) is 42.9 Å². The van der Waals surface area contributed by atoms with Crippen LogP contribution in [0.25, 0.3) is 0 Å². The standard InChI is InChI=1S/C40H74O4S8/c1-5-7-9-11-13-15-17-19-21-23-31-47-39(45)51-35(3)25-27-37(41)43-29-33-49-50-34-30-44-38(42)28-26-36(4)52-40(46)48-32-24-22-20-18-16-14-12-10-8-6-2/h35-36H,5-34H2,1-4H3. The fraction of sp³-hybridized carbons (Fsp3) is 0.900. The van der Waals surface area contributed by atoms with Crippen molar-refractivity contribution in [2.75, 3.05) is 36.2 Å². The molecular weight excluding hydrogens is 801 g/mol. The van der Waals surface area contributed by atoms with Crippen LogP contribution in [-0.2, 0) is 19.1 Å². The molecule has 2 atom stereocenters. The third kappa shape index (κ3) is 40.9. The van der Waals surface area contributed by atoms with Crippen LogP contribution >= 0.6 is 93.1 Å². The number of thiocarbonyl (C=S) groups is 2. The Bertz CT molecular complexity index is 795. The zero-order valence-electron chi connectivity index (χ0n) is 33.3. The smallest absolute Gasteiger partial charge is 0.305 e. The van der Waals surface area contributed by atoms with Crippen molar-refractivity contribution in [3.8, 4) is 0 Å². The van der Waals surface area contributed by atoms with E-state index in [1.807, 2.05) is 0 Å². The lowest BCUT2D eigenvalue weighted by atomic mass is 10.1. The van der Waals surface area contributed by atoms with Crippen LogP contribution in [0.4, 0.5) is 0 Å². The Balaban J connectivity index is 3.58. The summed E-state index contributed by atoms with van der Waals surface area (Å²) < 4.78 is 12.8. The zero-order valence-corrected chi connectivity index (χ0v) is 39.8. The molecule has 4 nitrogen and oxygen atoms in total. The monoisotopic (exact) mass is 874 g/mol. The van der Waals surface area contributed by atoms with E-state index >= 15 is 0 Å². The van der Waals surface area contributed by atoms with Crippen LogP contribution in [0.1, 0.15) is 182 Å². The largest absolute Gasteiger partial charge is 0.465 e. The van der Waals surface area contributed by atoms with E-state index < -0.39 is 0 Å². The van der Waals surface area contributed by atoms with Gasteiger partial charge in [-0.3, -0.25) is 9.59 Å². The fourth-order valence-electron chi connectivity index (χ4n) is 5.29. The number of hydrogen-bond donors (Lipinski definition) is 0. The van der Waals surface area contributed by atoms with Crippen LogP contribution in [0, 0.1) is 0 Å². The number of rotatable bonds is 37. The van der Waals surface area contributed by atoms with Crippen LogP contribution in [0.5, 0.6) is 0 Å². The third-order valence-electron chi connectivity index (χ3n) is 8.48. The van der Waals surface area contributed by atoms with Gasteiger partial charge in [-0.05, 0) is 37.2 Å². The van der Waals surface area contributed by atoms with Gasteiger partial charge < -0.3 is 9.47 Å². The van der Waals surface area contributed by atoms with E-state index in [2.05, 4.69) is 27.7 Å². The number of thioether (sulfide) groups is 4. The minimum Gasteiger partial charge on any atom is -0.465 e. The quantitative estimate of drug-likeness (QED) is 0.0259. The summed E-state index contributed by atoms with van der Waals surface area (Å²) in [7, 11) is 3.29. The van der Waals surface area contributed by atoms with Crippen molar-refractivity contribution in [2.45, 2.75) is 192 Å². The van der Waals surface area contributed by atoms with Crippen molar-refractivity contribution >= 4 is 112 Å². The van der Waals surface area contributed by atoms with Crippen molar-refractivity contribution in [1.29, 1.82) is 0 Å². The maximum Gasteiger partial charge on any atom is 0.305 e. The first-order valence-corrected chi connectivity index (χ1v) is 27.5. The molecule has 0 saturated heterocycles. The van der Waals surface area contributed by atoms with Gasteiger partial charge in [-0.2, -0.15) is 0 Å². The molecule has 0 aromatic carbocycles. The predicted octanol–water partition coefficient (Wildman–Crippen LogP) is 15.1. The lowest BCUT2D eigenvalue weighted by molar-refractivity contribution is -0.144. The average Bonchev–Trinajstić information content (AvgIpc) is 3.12. The van der Waals surface area contributed by atoms with Gasteiger partial charge in [0.05, 0.1) is 0 Å². The van der Waals surface area contributed by atoms with Gasteiger partial charge in [0.2, 0.25) is 0 Å². The molecule has 2 unspecified atom stereocenters. The van der Waals surface area contributed by atoms with Crippen LogP contribution in [-0.4, -0.2) is 65.7 Å². The minimum atomic E-state index is -0.142. The molecule has 12 heteroatoms. The average molecular weight is 876 g/mol. The Morgan fingerprint density at radius 3 is 1.12 bits per heavy atom. The van der Waals surface area contributed by atoms with Gasteiger partial charge in [0.1, 0.15) is 20.3 Å². The molecule has 0 bridgehead atoms. The van der Waals surface area contributed by atoms with Gasteiger partial charge >= 0.3 is 11.9 Å². The van der Waals surface area contributed by atoms with Crippen molar-refractivity contribution in [1.82, 2.24) is 0 Å². The van der Waals surface area contributed by atoms with Gasteiger partial charge in [-0.15, -0.1) is 47.0 Å². The first kappa shape index (κ1) is 53.2. The van der Waals surface area contributed by atoms with Gasteiger partial charge in [0, 0.05) is 34.8 Å². The number of hydrogen-bond acceptors (Lipinski definition) is 12. The summed E-state index contributed by atoms with van der Waals surface area (Å²) in [5.74, 6) is 3.36. The van der Waals surface area contributed by atoms with E-state index in [1.54, 1.807) is 68.6 Å². The molecule has 0 N–H and O–H groups in total. The summed E-state index contributed by atoms with van der Waals surface area (Å²) in [6.07, 6.45) is 29.5. The van der Waals surface area contributed by atoms with Gasteiger partial charge in [0.15, 0.2) is 0 Å². The Labute approximate surface area is 356 Å². The Morgan fingerprint density at radius 1 is 0.481 bits per heavy atom. The molecule has 0 amide bonds. The van der Waals surface area contributed by atoms with Crippen LogP contribution < -0.4 is 0 Å². The molecule has 0 radical (unpaired) electrons. The number of carbonyl (C=O) groups excluding carboxylic acids is 2. The summed E-state index contributed by atoms with van der Waals surface area (Å²) >= 11 is 18.1. The summed E-state index contributed by atoms with van der Waals surface area (Å²) in [5.41, 5.74) is 0. The number of carbonyl (C=O) groups is 2. The van der Waals surface area contributed by atoms with E-state index in [0.29, 0.717) is 36.6 Å². The Kier molecular flexibility index (Phi) is 42.8. The molecule has 52 heavy (non-hydrogen) atoms. The maximum atomic E-state index is 12.2. The summed E-state index contributed by atoms with van der Waals surface area (Å²) in [5, 5.41) is 0.630. The SMILES string of the molecule is CCCCCCCCCCCCSC(=S)SC(C)CCC(=O)OCCSSCCOC(=O)CCC(C)SC(=S)SCCCCCCCCCCCC. The highest BCUT2D eigenvalue weighted by Crippen LogP contribution is 2.27. The van der Waals surface area contributed by atoms with E-state index in [1.165, 1.54) is 128 Å².